The molecule has 3 atom stereocenters. The van der Waals surface area contributed by atoms with Crippen molar-refractivity contribution in [3.63, 3.8) is 0 Å². The topological polar surface area (TPSA) is 77.9 Å². The highest BCUT2D eigenvalue weighted by Crippen LogP contribution is 2.26. The van der Waals surface area contributed by atoms with E-state index in [2.05, 4.69) is 33.9 Å². The van der Waals surface area contributed by atoms with Crippen molar-refractivity contribution in [1.29, 1.82) is 0 Å². The second-order valence-electron chi connectivity index (χ2n) is 9.72. The summed E-state index contributed by atoms with van der Waals surface area (Å²) in [5, 5.41) is 14.8. The highest BCUT2D eigenvalue weighted by molar-refractivity contribution is 7.18. The van der Waals surface area contributed by atoms with E-state index in [1.54, 1.807) is 11.3 Å². The van der Waals surface area contributed by atoms with Crippen LogP contribution in [0.5, 0.6) is 5.75 Å². The summed E-state index contributed by atoms with van der Waals surface area (Å²) in [6.45, 7) is 13.0. The number of aromatic nitrogens is 1. The Labute approximate surface area is 211 Å². The Hall–Kier alpha value is -2.52. The van der Waals surface area contributed by atoms with Gasteiger partial charge < -0.3 is 15.2 Å². The molecule has 3 aromatic rings. The summed E-state index contributed by atoms with van der Waals surface area (Å²) in [5.41, 5.74) is 3.98. The summed E-state index contributed by atoms with van der Waals surface area (Å²) in [6, 6.07) is 12.3. The van der Waals surface area contributed by atoms with Crippen LogP contribution in [-0.2, 0) is 4.79 Å². The van der Waals surface area contributed by atoms with E-state index in [4.69, 9.17) is 4.74 Å². The molecule has 2 aromatic carbocycles. The molecule has 8 heteroatoms. The maximum atomic E-state index is 12.8. The first-order valence-electron chi connectivity index (χ1n) is 12.2. The number of hydrogen-bond donors (Lipinski definition) is 2. The number of nitrogens with zero attached hydrogens (tertiary/aromatic N) is 3. The Kier molecular flexibility index (Phi) is 8.06. The van der Waals surface area contributed by atoms with Gasteiger partial charge in [-0.2, -0.15) is 0 Å². The minimum atomic E-state index is -0.601. The number of thiazole rings is 1. The van der Waals surface area contributed by atoms with Crippen molar-refractivity contribution in [2.75, 3.05) is 38.1 Å². The van der Waals surface area contributed by atoms with Gasteiger partial charge in [0.15, 0.2) is 0 Å². The van der Waals surface area contributed by atoms with Crippen molar-refractivity contribution in [3.05, 3.63) is 52.5 Å². The smallest absolute Gasteiger partial charge is 0.238 e. The van der Waals surface area contributed by atoms with E-state index in [-0.39, 0.29) is 24.6 Å². The number of rotatable bonds is 8. The lowest BCUT2D eigenvalue weighted by Crippen LogP contribution is -2.59. The van der Waals surface area contributed by atoms with Crippen molar-refractivity contribution < 1.29 is 14.6 Å². The monoisotopic (exact) mass is 496 g/mol. The number of piperazine rings is 1. The van der Waals surface area contributed by atoms with E-state index in [1.165, 1.54) is 0 Å². The molecule has 2 heterocycles. The van der Waals surface area contributed by atoms with E-state index >= 15 is 0 Å². The normalized spacial score (nSPS) is 20.2. The number of carbonyl (C=O) groups is 1. The van der Waals surface area contributed by atoms with Crippen molar-refractivity contribution in [2.24, 2.45) is 0 Å². The largest absolute Gasteiger partial charge is 0.491 e. The average molecular weight is 497 g/mol. The number of anilines is 1. The highest BCUT2D eigenvalue weighted by atomic mass is 32.1. The number of para-hydroxylation sites is 1. The highest BCUT2D eigenvalue weighted by Gasteiger charge is 2.31. The Balaban J connectivity index is 1.26. The molecule has 4 rings (SSSR count). The molecule has 0 radical (unpaired) electrons. The number of aliphatic hydroxyl groups is 1. The molecule has 1 aliphatic heterocycles. The van der Waals surface area contributed by atoms with Gasteiger partial charge in [0.1, 0.15) is 18.5 Å². The number of nitrogens with one attached hydrogen (secondary N) is 1. The molecule has 0 spiro atoms. The van der Waals surface area contributed by atoms with Crippen LogP contribution in [0.1, 0.15) is 30.0 Å². The maximum absolute atomic E-state index is 12.8. The number of carbonyl (C=O) groups excluding carboxylic acids is 1. The minimum Gasteiger partial charge on any atom is -0.491 e. The third-order valence-corrected chi connectivity index (χ3v) is 7.64. The Bertz CT molecular complexity index is 1160. The summed E-state index contributed by atoms with van der Waals surface area (Å²) in [5.74, 6) is 0.735. The molecule has 2 unspecified atom stereocenters. The lowest BCUT2D eigenvalue weighted by Gasteiger charge is -2.44. The Morgan fingerprint density at radius 3 is 2.57 bits per heavy atom. The zero-order chi connectivity index (χ0) is 25.1. The van der Waals surface area contributed by atoms with Crippen LogP contribution in [0.25, 0.3) is 10.2 Å². The van der Waals surface area contributed by atoms with Gasteiger partial charge in [0.05, 0.1) is 21.8 Å². The van der Waals surface area contributed by atoms with Crippen LogP contribution in [0.2, 0.25) is 0 Å². The second kappa shape index (κ2) is 11.0. The molecule has 7 nitrogen and oxygen atoms in total. The first-order chi connectivity index (χ1) is 16.7. The number of ether oxygens (including phenoxy) is 1. The Morgan fingerprint density at radius 2 is 1.83 bits per heavy atom. The van der Waals surface area contributed by atoms with Gasteiger partial charge in [-0.1, -0.05) is 18.2 Å². The van der Waals surface area contributed by atoms with Crippen LogP contribution in [0.15, 0.2) is 36.4 Å². The van der Waals surface area contributed by atoms with Gasteiger partial charge in [-0.25, -0.2) is 4.98 Å². The zero-order valence-corrected chi connectivity index (χ0v) is 22.1. The lowest BCUT2D eigenvalue weighted by molar-refractivity contribution is -0.119. The van der Waals surface area contributed by atoms with Crippen LogP contribution >= 0.6 is 11.3 Å². The van der Waals surface area contributed by atoms with E-state index in [0.717, 1.165) is 50.9 Å². The number of hydrogen-bond acceptors (Lipinski definition) is 7. The number of aryl methyl sites for hydroxylation is 3. The quantitative estimate of drug-likeness (QED) is 0.491. The van der Waals surface area contributed by atoms with Crippen LogP contribution < -0.4 is 10.1 Å². The van der Waals surface area contributed by atoms with Gasteiger partial charge in [-0.3, -0.25) is 14.6 Å². The van der Waals surface area contributed by atoms with Gasteiger partial charge in [-0.15, -0.1) is 11.3 Å². The zero-order valence-electron chi connectivity index (χ0n) is 21.2. The maximum Gasteiger partial charge on any atom is 0.238 e. The Morgan fingerprint density at radius 1 is 1.14 bits per heavy atom. The molecule has 1 saturated heterocycles. The molecule has 2 N–H and O–H groups in total. The molecular formula is C27H36N4O3S. The standard InChI is InChI=1S/C27H36N4O3S/c1-17-7-6-8-18(2)27(17)29-26(33)15-31-13-19(3)30(12-20(31)4)14-22(32)16-34-23-9-10-25-24(11-23)28-21(5)35-25/h6-11,19-20,22,32H,12-16H2,1-5H3,(H,29,33)/t19?,20?,22-/m0/s1. The first-order valence-corrected chi connectivity index (χ1v) is 13.0. The predicted octanol–water partition coefficient (Wildman–Crippen LogP) is 3.99. The number of fused-ring (bicyclic) bond motifs is 1. The van der Waals surface area contributed by atoms with E-state index in [1.807, 2.05) is 57.2 Å². The summed E-state index contributed by atoms with van der Waals surface area (Å²) >= 11 is 1.66. The molecule has 1 fully saturated rings. The van der Waals surface area contributed by atoms with E-state index < -0.39 is 6.10 Å². The molecule has 1 aliphatic rings. The summed E-state index contributed by atoms with van der Waals surface area (Å²) in [7, 11) is 0. The summed E-state index contributed by atoms with van der Waals surface area (Å²) < 4.78 is 7.00. The number of aliphatic hydroxyl groups excluding tert-OH is 1. The summed E-state index contributed by atoms with van der Waals surface area (Å²) in [4.78, 5) is 21.8. The van der Waals surface area contributed by atoms with Crippen LogP contribution in [0.3, 0.4) is 0 Å². The fourth-order valence-corrected chi connectivity index (χ4v) is 5.56. The molecular weight excluding hydrogens is 460 g/mol. The number of amides is 1. The molecule has 0 saturated carbocycles. The third-order valence-electron chi connectivity index (χ3n) is 6.69. The van der Waals surface area contributed by atoms with Gasteiger partial charge in [-0.05, 0) is 57.9 Å². The van der Waals surface area contributed by atoms with Crippen molar-refractivity contribution in [1.82, 2.24) is 14.8 Å². The fraction of sp³-hybridized carbons (Fsp3) is 0.481. The predicted molar refractivity (Wildman–Crippen MR) is 142 cm³/mol. The molecule has 0 aliphatic carbocycles. The van der Waals surface area contributed by atoms with Crippen LogP contribution in [-0.4, -0.2) is 76.8 Å². The van der Waals surface area contributed by atoms with Crippen molar-refractivity contribution >= 4 is 33.1 Å². The summed E-state index contributed by atoms with van der Waals surface area (Å²) in [6.07, 6.45) is -0.601. The van der Waals surface area contributed by atoms with Crippen molar-refractivity contribution in [2.45, 2.75) is 52.8 Å². The van der Waals surface area contributed by atoms with Crippen molar-refractivity contribution in [3.8, 4) is 5.75 Å². The van der Waals surface area contributed by atoms with E-state index in [9.17, 15) is 9.90 Å². The molecule has 0 bridgehead atoms. The number of β-amino-alcohol motifs (C(OH)–C–C–N with tert-alkyl or cyclic N) is 1. The SMILES string of the molecule is Cc1nc2cc(OC[C@@H](O)CN3CC(C)N(CC(=O)Nc4c(C)cccc4C)CC3C)ccc2s1. The molecule has 35 heavy (non-hydrogen) atoms. The van der Waals surface area contributed by atoms with Gasteiger partial charge in [0.2, 0.25) is 5.91 Å². The van der Waals surface area contributed by atoms with E-state index in [0.29, 0.717) is 13.1 Å². The van der Waals surface area contributed by atoms with Gasteiger partial charge in [0.25, 0.3) is 0 Å². The fourth-order valence-electron chi connectivity index (χ4n) is 4.75. The first kappa shape index (κ1) is 25.6. The molecule has 188 valence electrons. The van der Waals surface area contributed by atoms with Crippen LogP contribution in [0, 0.1) is 20.8 Å². The molecule has 1 aromatic heterocycles. The molecule has 1 amide bonds. The van der Waals surface area contributed by atoms with Gasteiger partial charge in [0, 0.05) is 43.5 Å². The van der Waals surface area contributed by atoms with Crippen LogP contribution in [0.4, 0.5) is 5.69 Å². The second-order valence-corrected chi connectivity index (χ2v) is 11.0. The average Bonchev–Trinajstić information content (AvgIpc) is 3.17. The van der Waals surface area contributed by atoms with Gasteiger partial charge >= 0.3 is 0 Å². The third kappa shape index (κ3) is 6.38. The minimum absolute atomic E-state index is 0.00982. The number of benzene rings is 2. The lowest BCUT2D eigenvalue weighted by atomic mass is 10.1.